The van der Waals surface area contributed by atoms with E-state index < -0.39 is 12.6 Å². The van der Waals surface area contributed by atoms with Gasteiger partial charge >= 0.3 is 6.18 Å². The van der Waals surface area contributed by atoms with Crippen LogP contribution < -0.4 is 5.32 Å². The molecule has 0 radical (unpaired) electrons. The van der Waals surface area contributed by atoms with Gasteiger partial charge in [0.1, 0.15) is 0 Å². The summed E-state index contributed by atoms with van der Waals surface area (Å²) in [6, 6.07) is 9.41. The van der Waals surface area contributed by atoms with Gasteiger partial charge in [-0.05, 0) is 48.6 Å². The maximum absolute atomic E-state index is 12.5. The molecule has 0 saturated heterocycles. The van der Waals surface area contributed by atoms with E-state index in [1.54, 1.807) is 12.1 Å². The van der Waals surface area contributed by atoms with Crippen molar-refractivity contribution in [1.29, 1.82) is 5.26 Å². The molecule has 1 saturated carbocycles. The fourth-order valence-corrected chi connectivity index (χ4v) is 3.60. The molecule has 2 nitrogen and oxygen atoms in total. The van der Waals surface area contributed by atoms with E-state index in [4.69, 9.17) is 5.26 Å². The van der Waals surface area contributed by atoms with Gasteiger partial charge in [0.25, 0.3) is 0 Å². The summed E-state index contributed by atoms with van der Waals surface area (Å²) in [5.41, 5.74) is 1.37. The molecule has 132 valence electrons. The van der Waals surface area contributed by atoms with E-state index in [0.717, 1.165) is 37.7 Å². The SMILES string of the molecule is CCC1(CC#N)CCC(NCc2cccc(CC(F)(F)F)c2)CC1. The molecule has 0 aromatic heterocycles. The molecule has 0 heterocycles. The van der Waals surface area contributed by atoms with E-state index in [1.165, 1.54) is 6.07 Å². The van der Waals surface area contributed by atoms with Gasteiger partial charge in [-0.2, -0.15) is 18.4 Å². The average molecular weight is 338 g/mol. The van der Waals surface area contributed by atoms with Crippen LogP contribution in [0.2, 0.25) is 0 Å². The molecule has 5 heteroatoms. The molecule has 0 bridgehead atoms. The zero-order chi connectivity index (χ0) is 17.6. The van der Waals surface area contributed by atoms with E-state index in [1.807, 2.05) is 6.07 Å². The van der Waals surface area contributed by atoms with E-state index in [9.17, 15) is 13.2 Å². The standard InChI is InChI=1S/C19H25F3N2/c1-2-18(10-11-23)8-6-17(7-9-18)24-14-16-5-3-4-15(12-16)13-19(20,21)22/h3-5,12,17,24H,2,6-10,13-14H2,1H3. The predicted molar refractivity (Wildman–Crippen MR) is 88.3 cm³/mol. The Hall–Kier alpha value is -1.54. The molecular formula is C19H25F3N2. The Morgan fingerprint density at radius 2 is 1.92 bits per heavy atom. The van der Waals surface area contributed by atoms with Crippen molar-refractivity contribution in [2.75, 3.05) is 0 Å². The summed E-state index contributed by atoms with van der Waals surface area (Å²) in [6.45, 7) is 2.74. The largest absolute Gasteiger partial charge is 0.393 e. The fraction of sp³-hybridized carbons (Fsp3) is 0.632. The second-order valence-corrected chi connectivity index (χ2v) is 6.96. The van der Waals surface area contributed by atoms with Crippen molar-refractivity contribution < 1.29 is 13.2 Å². The molecule has 1 fully saturated rings. The van der Waals surface area contributed by atoms with Gasteiger partial charge in [0, 0.05) is 19.0 Å². The molecule has 1 aromatic carbocycles. The van der Waals surface area contributed by atoms with Gasteiger partial charge in [-0.3, -0.25) is 0 Å². The maximum atomic E-state index is 12.5. The van der Waals surface area contributed by atoms with Crippen molar-refractivity contribution in [3.63, 3.8) is 0 Å². The van der Waals surface area contributed by atoms with Crippen molar-refractivity contribution in [3.05, 3.63) is 35.4 Å². The van der Waals surface area contributed by atoms with Gasteiger partial charge in [0.05, 0.1) is 12.5 Å². The van der Waals surface area contributed by atoms with E-state index >= 15 is 0 Å². The smallest absolute Gasteiger partial charge is 0.310 e. The average Bonchev–Trinajstić information content (AvgIpc) is 2.53. The topological polar surface area (TPSA) is 35.8 Å². The van der Waals surface area contributed by atoms with Crippen molar-refractivity contribution in [1.82, 2.24) is 5.32 Å². The number of alkyl halides is 3. The summed E-state index contributed by atoms with van der Waals surface area (Å²) in [7, 11) is 0. The number of halogens is 3. The highest BCUT2D eigenvalue weighted by molar-refractivity contribution is 5.24. The number of nitrogens with one attached hydrogen (secondary N) is 1. The minimum atomic E-state index is -4.17. The molecule has 1 aromatic rings. The van der Waals surface area contributed by atoms with Crippen LogP contribution in [-0.2, 0) is 13.0 Å². The first kappa shape index (κ1) is 18.8. The number of hydrogen-bond acceptors (Lipinski definition) is 2. The second kappa shape index (κ2) is 8.02. The van der Waals surface area contributed by atoms with Gasteiger partial charge < -0.3 is 5.32 Å². The zero-order valence-corrected chi connectivity index (χ0v) is 14.1. The molecule has 0 aliphatic heterocycles. The first-order chi connectivity index (χ1) is 11.4. The summed E-state index contributed by atoms with van der Waals surface area (Å²) < 4.78 is 37.4. The number of rotatable bonds is 6. The summed E-state index contributed by atoms with van der Waals surface area (Å²) in [6.07, 6.45) is 0.751. The van der Waals surface area contributed by atoms with Crippen LogP contribution in [0.1, 0.15) is 56.6 Å². The number of nitriles is 1. The van der Waals surface area contributed by atoms with Crippen LogP contribution in [0, 0.1) is 16.7 Å². The number of nitrogens with zero attached hydrogens (tertiary/aromatic N) is 1. The highest BCUT2D eigenvalue weighted by Crippen LogP contribution is 2.41. The summed E-state index contributed by atoms with van der Waals surface area (Å²) in [4.78, 5) is 0. The Balaban J connectivity index is 1.85. The van der Waals surface area contributed by atoms with Crippen molar-refractivity contribution >= 4 is 0 Å². The minimum Gasteiger partial charge on any atom is -0.310 e. The Morgan fingerprint density at radius 3 is 2.50 bits per heavy atom. The van der Waals surface area contributed by atoms with E-state index in [0.29, 0.717) is 24.6 Å². The lowest BCUT2D eigenvalue weighted by Crippen LogP contribution is -2.37. The van der Waals surface area contributed by atoms with Gasteiger partial charge in [-0.15, -0.1) is 0 Å². The minimum absolute atomic E-state index is 0.166. The van der Waals surface area contributed by atoms with Crippen LogP contribution in [0.5, 0.6) is 0 Å². The number of hydrogen-bond donors (Lipinski definition) is 1. The van der Waals surface area contributed by atoms with Gasteiger partial charge in [-0.1, -0.05) is 31.2 Å². The Labute approximate surface area is 142 Å². The van der Waals surface area contributed by atoms with E-state index in [2.05, 4.69) is 18.3 Å². The summed E-state index contributed by atoms with van der Waals surface area (Å²) in [5.74, 6) is 0. The third-order valence-corrected chi connectivity index (χ3v) is 5.24. The maximum Gasteiger partial charge on any atom is 0.393 e. The zero-order valence-electron chi connectivity index (χ0n) is 14.1. The fourth-order valence-electron chi connectivity index (χ4n) is 3.60. The molecule has 0 atom stereocenters. The highest BCUT2D eigenvalue weighted by Gasteiger charge is 2.33. The Kier molecular flexibility index (Phi) is 6.28. The predicted octanol–water partition coefficient (Wildman–Crippen LogP) is 5.13. The van der Waals surface area contributed by atoms with Crippen LogP contribution in [-0.4, -0.2) is 12.2 Å². The number of benzene rings is 1. The van der Waals surface area contributed by atoms with Gasteiger partial charge in [0.2, 0.25) is 0 Å². The van der Waals surface area contributed by atoms with Crippen LogP contribution >= 0.6 is 0 Å². The van der Waals surface area contributed by atoms with E-state index in [-0.39, 0.29) is 5.41 Å². The molecule has 1 aliphatic rings. The van der Waals surface area contributed by atoms with Crippen LogP contribution in [0.4, 0.5) is 13.2 Å². The Morgan fingerprint density at radius 1 is 1.25 bits per heavy atom. The molecule has 0 amide bonds. The second-order valence-electron chi connectivity index (χ2n) is 6.96. The van der Waals surface area contributed by atoms with Crippen LogP contribution in [0.3, 0.4) is 0 Å². The molecule has 24 heavy (non-hydrogen) atoms. The third-order valence-electron chi connectivity index (χ3n) is 5.24. The quantitative estimate of drug-likeness (QED) is 0.780. The molecule has 1 N–H and O–H groups in total. The normalized spacial score (nSPS) is 24.5. The van der Waals surface area contributed by atoms with Crippen molar-refractivity contribution in [3.8, 4) is 6.07 Å². The van der Waals surface area contributed by atoms with Crippen molar-refractivity contribution in [2.45, 2.75) is 70.6 Å². The highest BCUT2D eigenvalue weighted by atomic mass is 19.4. The van der Waals surface area contributed by atoms with Crippen LogP contribution in [0.15, 0.2) is 24.3 Å². The van der Waals surface area contributed by atoms with Crippen molar-refractivity contribution in [2.24, 2.45) is 5.41 Å². The first-order valence-corrected chi connectivity index (χ1v) is 8.61. The molecule has 1 aliphatic carbocycles. The first-order valence-electron chi connectivity index (χ1n) is 8.61. The summed E-state index contributed by atoms with van der Waals surface area (Å²) >= 11 is 0. The van der Waals surface area contributed by atoms with Crippen LogP contribution in [0.25, 0.3) is 0 Å². The molecule has 0 spiro atoms. The monoisotopic (exact) mass is 338 g/mol. The third kappa shape index (κ3) is 5.52. The molecule has 0 unspecified atom stereocenters. The molecule has 2 rings (SSSR count). The Bertz CT molecular complexity index is 567. The van der Waals surface area contributed by atoms with Gasteiger partial charge in [0.15, 0.2) is 0 Å². The lowest BCUT2D eigenvalue weighted by molar-refractivity contribution is -0.127. The van der Waals surface area contributed by atoms with Gasteiger partial charge in [-0.25, -0.2) is 0 Å². The summed E-state index contributed by atoms with van der Waals surface area (Å²) in [5, 5.41) is 12.5. The lowest BCUT2D eigenvalue weighted by Gasteiger charge is -2.38. The lowest BCUT2D eigenvalue weighted by atomic mass is 9.69. The molecular weight excluding hydrogens is 313 g/mol.